The molecule has 3 aliphatic heterocycles. The summed E-state index contributed by atoms with van der Waals surface area (Å²) in [5, 5.41) is 0. The monoisotopic (exact) mass is 226 g/mol. The van der Waals surface area contributed by atoms with Crippen molar-refractivity contribution in [2.24, 2.45) is 11.3 Å². The van der Waals surface area contributed by atoms with Gasteiger partial charge in [0, 0.05) is 14.9 Å². The van der Waals surface area contributed by atoms with Crippen LogP contribution in [0.4, 0.5) is 0 Å². The van der Waals surface area contributed by atoms with E-state index in [4.69, 9.17) is 12.5 Å². The summed E-state index contributed by atoms with van der Waals surface area (Å²) in [5.41, 5.74) is 0.392. The molecule has 3 saturated heterocycles. The topological polar surface area (TPSA) is 9.23 Å². The van der Waals surface area contributed by atoms with Crippen LogP contribution >= 0.6 is 9.47 Å². The lowest BCUT2D eigenvalue weighted by molar-refractivity contribution is -0.827. The Morgan fingerprint density at radius 3 is 2.73 bits per heavy atom. The Hall–Kier alpha value is 0.415. The predicted molar refractivity (Wildman–Crippen MR) is 66.3 cm³/mol. The lowest BCUT2D eigenvalue weighted by Gasteiger charge is -2.41. The molecule has 4 heteroatoms. The lowest BCUT2D eigenvalue weighted by Crippen LogP contribution is -2.52. The summed E-state index contributed by atoms with van der Waals surface area (Å²) in [6.45, 7) is 6.73. The molecule has 2 nitrogen and oxygen atoms in total. The summed E-state index contributed by atoms with van der Waals surface area (Å²) in [7, 11) is 8.78. The van der Waals surface area contributed by atoms with E-state index >= 15 is 0 Å². The summed E-state index contributed by atoms with van der Waals surface area (Å²) in [6, 6.07) is 0. The van der Waals surface area contributed by atoms with Crippen molar-refractivity contribution in [2.45, 2.75) is 32.6 Å². The third-order valence-electron chi connectivity index (χ3n) is 4.27. The summed E-state index contributed by atoms with van der Waals surface area (Å²) in [5.74, 6) is 0.914. The molecular weight excluding hydrogens is 204 g/mol. The minimum Gasteiger partial charge on any atom is -0.396 e. The number of nitrogens with zero attached hydrogens (tertiary/aromatic N) is 1. The first-order chi connectivity index (χ1) is 7.05. The third kappa shape index (κ3) is 2.75. The van der Waals surface area contributed by atoms with E-state index in [9.17, 15) is 0 Å². The fourth-order valence-electron chi connectivity index (χ4n) is 3.51. The van der Waals surface area contributed by atoms with Gasteiger partial charge in [0.05, 0.1) is 26.2 Å². The van der Waals surface area contributed by atoms with E-state index in [1.54, 1.807) is 0 Å². The van der Waals surface area contributed by atoms with E-state index in [0.29, 0.717) is 5.41 Å². The molecule has 3 fully saturated rings. The zero-order valence-corrected chi connectivity index (χ0v) is 10.9. The SMILES string of the molecule is [B][N+]12CCC(CC1)CC(C)(CCOP)C2. The summed E-state index contributed by atoms with van der Waals surface area (Å²) in [4.78, 5) is 0. The van der Waals surface area contributed by atoms with E-state index in [1.807, 2.05) is 0 Å². The molecule has 3 rings (SSSR count). The average molecular weight is 226 g/mol. The fourth-order valence-corrected chi connectivity index (χ4v) is 3.62. The van der Waals surface area contributed by atoms with Gasteiger partial charge in [0.2, 0.25) is 0 Å². The van der Waals surface area contributed by atoms with Gasteiger partial charge in [-0.15, -0.1) is 0 Å². The van der Waals surface area contributed by atoms with Crippen molar-refractivity contribution in [3.63, 3.8) is 0 Å². The van der Waals surface area contributed by atoms with Crippen molar-refractivity contribution < 1.29 is 8.92 Å². The first-order valence-corrected chi connectivity index (χ1v) is 6.49. The van der Waals surface area contributed by atoms with Crippen LogP contribution in [0.2, 0.25) is 0 Å². The highest BCUT2D eigenvalue weighted by Gasteiger charge is 2.43. The molecular formula is C11H22BNOP+. The van der Waals surface area contributed by atoms with E-state index in [1.165, 1.54) is 32.4 Å². The van der Waals surface area contributed by atoms with Crippen molar-refractivity contribution >= 4 is 17.4 Å². The van der Waals surface area contributed by atoms with Crippen LogP contribution in [0, 0.1) is 11.3 Å². The maximum Gasteiger partial charge on any atom is 0.481 e. The largest absolute Gasteiger partial charge is 0.481 e. The molecule has 0 N–H and O–H groups in total. The van der Waals surface area contributed by atoms with Crippen molar-refractivity contribution in [2.75, 3.05) is 26.2 Å². The highest BCUT2D eigenvalue weighted by atomic mass is 31.0. The zero-order chi connectivity index (χ0) is 10.9. The first-order valence-electron chi connectivity index (χ1n) is 6.02. The molecule has 0 aliphatic carbocycles. The van der Waals surface area contributed by atoms with E-state index in [-0.39, 0.29) is 0 Å². The minimum absolute atomic E-state index is 0.392. The quantitative estimate of drug-likeness (QED) is 0.527. The molecule has 0 amide bonds. The molecule has 3 aliphatic rings. The highest BCUT2D eigenvalue weighted by Crippen LogP contribution is 2.42. The number of hydrogen-bond donors (Lipinski definition) is 0. The highest BCUT2D eigenvalue weighted by molar-refractivity contribution is 7.09. The molecule has 2 atom stereocenters. The van der Waals surface area contributed by atoms with E-state index < -0.39 is 0 Å². The second-order valence-corrected chi connectivity index (χ2v) is 6.24. The minimum atomic E-state index is 0.392. The Morgan fingerprint density at radius 1 is 1.47 bits per heavy atom. The van der Waals surface area contributed by atoms with Crippen molar-refractivity contribution in [3.05, 3.63) is 0 Å². The smallest absolute Gasteiger partial charge is 0.396 e. The van der Waals surface area contributed by atoms with Gasteiger partial charge < -0.3 is 8.92 Å². The van der Waals surface area contributed by atoms with Crippen LogP contribution in [0.15, 0.2) is 0 Å². The maximum absolute atomic E-state index is 6.44. The molecule has 2 radical (unpaired) electrons. The predicted octanol–water partition coefficient (Wildman–Crippen LogP) is 1.90. The molecule has 15 heavy (non-hydrogen) atoms. The molecule has 0 saturated carbocycles. The van der Waals surface area contributed by atoms with Crippen LogP contribution in [-0.2, 0) is 4.52 Å². The van der Waals surface area contributed by atoms with Gasteiger partial charge in [-0.1, -0.05) is 6.92 Å². The van der Waals surface area contributed by atoms with Crippen LogP contribution in [-0.4, -0.2) is 38.6 Å². The normalized spacial score (nSPS) is 45.3. The Balaban J connectivity index is 2.07. The molecule has 2 bridgehead atoms. The van der Waals surface area contributed by atoms with Crippen LogP contribution in [0.1, 0.15) is 32.6 Å². The Kier molecular flexibility index (Phi) is 3.45. The molecule has 3 heterocycles. The standard InChI is InChI=1S/C11H22BNOP/c1-11(4-7-14-15)8-10-2-5-13(12,9-11)6-3-10/h10H,2-9,15H2,1H3/q+1. The molecule has 0 aromatic heterocycles. The van der Waals surface area contributed by atoms with Crippen LogP contribution < -0.4 is 0 Å². The van der Waals surface area contributed by atoms with Gasteiger partial charge in [0.25, 0.3) is 0 Å². The number of rotatable bonds is 3. The summed E-state index contributed by atoms with van der Waals surface area (Å²) >= 11 is 0. The van der Waals surface area contributed by atoms with Gasteiger partial charge >= 0.3 is 7.98 Å². The van der Waals surface area contributed by atoms with Gasteiger partial charge in [0.15, 0.2) is 0 Å². The Labute approximate surface area is 97.1 Å². The van der Waals surface area contributed by atoms with Gasteiger partial charge in [0.1, 0.15) is 0 Å². The van der Waals surface area contributed by atoms with Crippen LogP contribution in [0.25, 0.3) is 0 Å². The van der Waals surface area contributed by atoms with Gasteiger partial charge in [-0.05, 0) is 31.6 Å². The van der Waals surface area contributed by atoms with Crippen LogP contribution in [0.5, 0.6) is 0 Å². The molecule has 84 valence electrons. The third-order valence-corrected chi connectivity index (χ3v) is 4.50. The molecule has 2 unspecified atom stereocenters. The van der Waals surface area contributed by atoms with Crippen molar-refractivity contribution in [1.82, 2.24) is 0 Å². The Bertz CT molecular complexity index is 231. The van der Waals surface area contributed by atoms with Crippen molar-refractivity contribution in [1.29, 1.82) is 0 Å². The maximum atomic E-state index is 6.44. The van der Waals surface area contributed by atoms with Gasteiger partial charge in [-0.25, -0.2) is 0 Å². The number of fused-ring (bicyclic) bond motifs is 4. The van der Waals surface area contributed by atoms with Gasteiger partial charge in [-0.2, -0.15) is 0 Å². The first kappa shape index (κ1) is 11.9. The summed E-state index contributed by atoms with van der Waals surface area (Å²) in [6.07, 6.45) is 5.14. The Morgan fingerprint density at radius 2 is 2.13 bits per heavy atom. The van der Waals surface area contributed by atoms with Gasteiger partial charge in [-0.3, -0.25) is 0 Å². The zero-order valence-electron chi connectivity index (χ0n) is 9.74. The van der Waals surface area contributed by atoms with Crippen molar-refractivity contribution in [3.8, 4) is 0 Å². The summed E-state index contributed by atoms with van der Waals surface area (Å²) < 4.78 is 5.95. The van der Waals surface area contributed by atoms with Crippen LogP contribution in [0.3, 0.4) is 0 Å². The fraction of sp³-hybridized carbons (Fsp3) is 1.00. The molecule has 0 aromatic rings. The van der Waals surface area contributed by atoms with E-state index in [2.05, 4.69) is 16.4 Å². The van der Waals surface area contributed by atoms with E-state index in [0.717, 1.165) is 29.9 Å². The second kappa shape index (κ2) is 4.35. The molecule has 0 aromatic carbocycles. The number of quaternary nitrogens is 1. The second-order valence-electron chi connectivity index (χ2n) is 5.90. The number of hydrogen-bond acceptors (Lipinski definition) is 1. The lowest BCUT2D eigenvalue weighted by atomic mass is 9.78. The number of piperidine rings is 1. The molecule has 0 spiro atoms. The average Bonchev–Trinajstić information content (AvgIpc) is 2.39.